The van der Waals surface area contributed by atoms with Crippen LogP contribution in [0.2, 0.25) is 0 Å². The molecule has 198 valence electrons. The van der Waals surface area contributed by atoms with Crippen molar-refractivity contribution in [2.75, 3.05) is 6.61 Å². The lowest BCUT2D eigenvalue weighted by Crippen LogP contribution is -2.54. The Labute approximate surface area is 215 Å². The summed E-state index contributed by atoms with van der Waals surface area (Å²) in [6, 6.07) is -0.930. The number of allylic oxidation sites excluding steroid dienone is 2. The fourth-order valence-electron chi connectivity index (χ4n) is 7.97. The number of hydrogen-bond acceptors (Lipinski definition) is 5. The van der Waals surface area contributed by atoms with E-state index in [9.17, 15) is 19.8 Å². The van der Waals surface area contributed by atoms with Gasteiger partial charge in [-0.25, -0.2) is 4.79 Å². The van der Waals surface area contributed by atoms with E-state index in [0.717, 1.165) is 50.7 Å². The van der Waals surface area contributed by atoms with Gasteiger partial charge in [-0.05, 0) is 86.5 Å². The van der Waals surface area contributed by atoms with Crippen LogP contribution < -0.4 is 5.32 Å². The molecule has 36 heavy (non-hydrogen) atoms. The highest BCUT2D eigenvalue weighted by molar-refractivity contribution is 5.96. The van der Waals surface area contributed by atoms with Crippen LogP contribution in [0.4, 0.5) is 0 Å². The second-order valence-corrected chi connectivity index (χ2v) is 12.1. The van der Waals surface area contributed by atoms with Crippen LogP contribution in [0, 0.1) is 46.8 Å². The summed E-state index contributed by atoms with van der Waals surface area (Å²) in [5.74, 6) is 2.70. The number of nitrogens with one attached hydrogen (secondary N) is 1. The second-order valence-electron chi connectivity index (χ2n) is 12.1. The lowest BCUT2D eigenvalue weighted by atomic mass is 9.46. The minimum atomic E-state index is -1.04. The van der Waals surface area contributed by atoms with Crippen molar-refractivity contribution in [3.8, 4) is 12.3 Å². The molecule has 3 saturated carbocycles. The third-order valence-electron chi connectivity index (χ3n) is 10.5. The second kappa shape index (κ2) is 9.85. The van der Waals surface area contributed by atoms with Crippen LogP contribution in [-0.2, 0) is 14.4 Å². The minimum absolute atomic E-state index is 0.114. The number of oxime groups is 1. The molecular formula is C29H42N2O5. The normalized spacial score (nSPS) is 40.1. The van der Waals surface area contributed by atoms with E-state index in [2.05, 4.69) is 36.3 Å². The van der Waals surface area contributed by atoms with Crippen LogP contribution >= 0.6 is 0 Å². The van der Waals surface area contributed by atoms with Crippen molar-refractivity contribution in [1.29, 1.82) is 0 Å². The maximum absolute atomic E-state index is 12.2. The van der Waals surface area contributed by atoms with Crippen molar-refractivity contribution >= 4 is 17.6 Å². The maximum Gasteiger partial charge on any atom is 0.326 e. The predicted molar refractivity (Wildman–Crippen MR) is 138 cm³/mol. The van der Waals surface area contributed by atoms with Gasteiger partial charge in [-0.3, -0.25) is 4.79 Å². The van der Waals surface area contributed by atoms with Crippen LogP contribution in [0.3, 0.4) is 0 Å². The van der Waals surface area contributed by atoms with E-state index >= 15 is 0 Å². The first-order valence-corrected chi connectivity index (χ1v) is 13.6. The third kappa shape index (κ3) is 4.36. The monoisotopic (exact) mass is 498 g/mol. The number of rotatable bonds is 7. The summed E-state index contributed by atoms with van der Waals surface area (Å²) in [4.78, 5) is 29.0. The molecule has 0 heterocycles. The van der Waals surface area contributed by atoms with Crippen LogP contribution in [0.15, 0.2) is 16.8 Å². The summed E-state index contributed by atoms with van der Waals surface area (Å²) in [6.07, 6.45) is 16.3. The van der Waals surface area contributed by atoms with E-state index in [1.807, 2.05) is 6.92 Å². The molecule has 0 spiro atoms. The van der Waals surface area contributed by atoms with Gasteiger partial charge >= 0.3 is 5.97 Å². The van der Waals surface area contributed by atoms with Gasteiger partial charge in [0.2, 0.25) is 0 Å². The van der Waals surface area contributed by atoms with E-state index in [0.29, 0.717) is 30.6 Å². The van der Waals surface area contributed by atoms with Crippen LogP contribution in [0.5, 0.6) is 0 Å². The Morgan fingerprint density at radius 1 is 1.22 bits per heavy atom. The number of amides is 1. The first kappa shape index (κ1) is 26.7. The molecule has 3 fully saturated rings. The highest BCUT2D eigenvalue weighted by Gasteiger charge is 2.63. The molecule has 7 nitrogen and oxygen atoms in total. The summed E-state index contributed by atoms with van der Waals surface area (Å²) in [5, 5.41) is 27.3. The fourth-order valence-corrected chi connectivity index (χ4v) is 7.97. The highest BCUT2D eigenvalue weighted by atomic mass is 16.6. The molecule has 0 aromatic heterocycles. The summed E-state index contributed by atoms with van der Waals surface area (Å²) >= 11 is 0. The molecule has 8 atom stereocenters. The molecule has 7 heteroatoms. The highest BCUT2D eigenvalue weighted by Crippen LogP contribution is 2.67. The first-order valence-electron chi connectivity index (χ1n) is 13.6. The molecule has 4 aliphatic rings. The van der Waals surface area contributed by atoms with Crippen molar-refractivity contribution in [3.05, 3.63) is 11.6 Å². The summed E-state index contributed by atoms with van der Waals surface area (Å²) in [5.41, 5.74) is 1.20. The summed E-state index contributed by atoms with van der Waals surface area (Å²) < 4.78 is 0. The zero-order valence-corrected chi connectivity index (χ0v) is 22.2. The number of nitrogens with zero attached hydrogens (tertiary/aromatic N) is 1. The average Bonchev–Trinajstić information content (AvgIpc) is 3.13. The van der Waals surface area contributed by atoms with E-state index in [1.54, 1.807) is 6.92 Å². The van der Waals surface area contributed by atoms with Crippen molar-refractivity contribution in [2.45, 2.75) is 97.1 Å². The molecule has 4 rings (SSSR count). The van der Waals surface area contributed by atoms with Crippen LogP contribution in [0.1, 0.15) is 85.5 Å². The molecule has 0 aromatic rings. The number of terminal acetylenes is 1. The number of carboxylic acids is 1. The van der Waals surface area contributed by atoms with Gasteiger partial charge in [0, 0.05) is 5.41 Å². The standard InChI is InChI=1S/C29H42N2O5/c1-6-18(3)25(26(33)34)30-24(32)17-36-31-20-10-13-27(4)19(16-20)8-9-21-22(27)11-14-28(5)23(21)12-15-29(28,35)7-2/h2,16,18,21-23,25,35H,6,8-15,17H2,1,3-5H3,(H,30,32)(H,33,34)/t18-,21-,22+,23+,25-,27+,28+,29-/m1/s1. The smallest absolute Gasteiger partial charge is 0.326 e. The van der Waals surface area contributed by atoms with Crippen LogP contribution in [-0.4, -0.2) is 46.1 Å². The minimum Gasteiger partial charge on any atom is -0.480 e. The van der Waals surface area contributed by atoms with Gasteiger partial charge < -0.3 is 20.4 Å². The Hall–Kier alpha value is -2.33. The Bertz CT molecular complexity index is 998. The first-order chi connectivity index (χ1) is 17.0. The molecule has 0 radical (unpaired) electrons. The number of carbonyl (C=O) groups excluding carboxylic acids is 1. The fraction of sp³-hybridized carbons (Fsp3) is 0.759. The molecular weight excluding hydrogens is 456 g/mol. The predicted octanol–water partition coefficient (Wildman–Crippen LogP) is 4.30. The molecule has 0 aromatic carbocycles. The van der Waals surface area contributed by atoms with Gasteiger partial charge in [0.25, 0.3) is 5.91 Å². The van der Waals surface area contributed by atoms with E-state index < -0.39 is 23.5 Å². The van der Waals surface area contributed by atoms with E-state index in [1.165, 1.54) is 5.57 Å². The van der Waals surface area contributed by atoms with Crippen molar-refractivity contribution in [3.63, 3.8) is 0 Å². The number of hydrogen-bond donors (Lipinski definition) is 3. The Balaban J connectivity index is 1.40. The quantitative estimate of drug-likeness (QED) is 0.358. The van der Waals surface area contributed by atoms with Crippen LogP contribution in [0.25, 0.3) is 0 Å². The van der Waals surface area contributed by atoms with Crippen molar-refractivity contribution in [1.82, 2.24) is 5.32 Å². The zero-order chi connectivity index (χ0) is 26.3. The van der Waals surface area contributed by atoms with E-state index in [-0.39, 0.29) is 23.4 Å². The lowest BCUT2D eigenvalue weighted by Gasteiger charge is -2.58. The lowest BCUT2D eigenvalue weighted by molar-refractivity contribution is -0.144. The van der Waals surface area contributed by atoms with Gasteiger partial charge in [-0.2, -0.15) is 0 Å². The average molecular weight is 499 g/mol. The zero-order valence-electron chi connectivity index (χ0n) is 22.2. The third-order valence-corrected chi connectivity index (χ3v) is 10.5. The Morgan fingerprint density at radius 2 is 1.94 bits per heavy atom. The SMILES string of the molecule is C#C[C@@]1(O)CC[C@H]2[C@@H]3CCC4=CC(=NOCC(=O)N[C@@H](C(=O)O)[C@H](C)CC)CC[C@]4(C)[C@H]3CC[C@@]21C. The number of aliphatic carboxylic acids is 1. The van der Waals surface area contributed by atoms with Crippen molar-refractivity contribution in [2.24, 2.45) is 39.7 Å². The molecule has 4 aliphatic carbocycles. The molecule has 0 aliphatic heterocycles. The number of aliphatic hydroxyl groups is 1. The van der Waals surface area contributed by atoms with Gasteiger partial charge in [-0.15, -0.1) is 6.42 Å². The molecule has 0 unspecified atom stereocenters. The number of carboxylic acid groups (broad SMARTS) is 1. The van der Waals surface area contributed by atoms with Crippen molar-refractivity contribution < 1.29 is 24.6 Å². The molecule has 0 bridgehead atoms. The topological polar surface area (TPSA) is 108 Å². The number of fused-ring (bicyclic) bond motifs is 5. The van der Waals surface area contributed by atoms with Gasteiger partial charge in [0.15, 0.2) is 6.61 Å². The largest absolute Gasteiger partial charge is 0.480 e. The molecule has 0 saturated heterocycles. The maximum atomic E-state index is 12.2. The Morgan fingerprint density at radius 3 is 2.61 bits per heavy atom. The summed E-state index contributed by atoms with van der Waals surface area (Å²) in [7, 11) is 0. The Kier molecular flexibility index (Phi) is 7.31. The summed E-state index contributed by atoms with van der Waals surface area (Å²) in [6.45, 7) is 8.01. The number of carbonyl (C=O) groups is 2. The van der Waals surface area contributed by atoms with Gasteiger partial charge in [0.1, 0.15) is 11.6 Å². The van der Waals surface area contributed by atoms with Gasteiger partial charge in [0.05, 0.1) is 5.71 Å². The molecule has 1 amide bonds. The van der Waals surface area contributed by atoms with E-state index in [4.69, 9.17) is 11.3 Å². The molecule has 3 N–H and O–H groups in total. The van der Waals surface area contributed by atoms with Gasteiger partial charge in [-0.1, -0.05) is 50.8 Å².